The van der Waals surface area contributed by atoms with Crippen molar-refractivity contribution in [3.8, 4) is 0 Å². The van der Waals surface area contributed by atoms with Gasteiger partial charge >= 0.3 is 0 Å². The van der Waals surface area contributed by atoms with Gasteiger partial charge in [0.2, 0.25) is 0 Å². The lowest BCUT2D eigenvalue weighted by molar-refractivity contribution is 0.312. The second-order valence-electron chi connectivity index (χ2n) is 18.0. The number of aryl methyl sites for hydroxylation is 6. The highest BCUT2D eigenvalue weighted by Crippen LogP contribution is 2.30. The van der Waals surface area contributed by atoms with Gasteiger partial charge in [-0.25, -0.2) is 0 Å². The molecule has 0 N–H and O–H groups in total. The van der Waals surface area contributed by atoms with Crippen molar-refractivity contribution >= 4 is 11.4 Å². The van der Waals surface area contributed by atoms with Crippen LogP contribution in [0.25, 0.3) is 0 Å². The molecule has 0 atom stereocenters. The zero-order valence-electron chi connectivity index (χ0n) is 38.3. The second-order valence-corrected chi connectivity index (χ2v) is 18.0. The van der Waals surface area contributed by atoms with Crippen molar-refractivity contribution in [2.24, 2.45) is 0 Å². The fourth-order valence-corrected chi connectivity index (χ4v) is 9.65. The molecule has 0 saturated heterocycles. The Labute approximate surface area is 366 Å². The van der Waals surface area contributed by atoms with Crippen LogP contribution in [0, 0.1) is 34.6 Å². The lowest BCUT2D eigenvalue weighted by atomic mass is 9.96. The molecule has 0 aliphatic carbocycles. The van der Waals surface area contributed by atoms with Crippen molar-refractivity contribution in [1.29, 1.82) is 0 Å². The van der Waals surface area contributed by atoms with E-state index in [2.05, 4.69) is 185 Å². The minimum atomic E-state index is 0. The minimum Gasteiger partial charge on any atom is -0.374 e. The number of rotatable bonds is 0. The average molecular weight is 808 g/mol. The largest absolute Gasteiger partial charge is 0.374 e. The molecule has 5 nitrogen and oxygen atoms in total. The Bertz CT molecular complexity index is 2150. The summed E-state index contributed by atoms with van der Waals surface area (Å²) in [6, 6.07) is 33.0. The summed E-state index contributed by atoms with van der Waals surface area (Å²) in [6.07, 6.45) is 7.54. The van der Waals surface area contributed by atoms with Crippen LogP contribution in [0.15, 0.2) is 91.0 Å². The molecular weight excluding hydrogens is 731 g/mol. The van der Waals surface area contributed by atoms with E-state index < -0.39 is 0 Å². The highest BCUT2D eigenvalue weighted by Gasteiger charge is 2.18. The van der Waals surface area contributed by atoms with Crippen LogP contribution in [-0.2, 0) is 51.9 Å². The first-order valence-corrected chi connectivity index (χ1v) is 22.3. The number of benzene rings is 5. The number of likely N-dealkylation sites (N-methyl/N-ethyl adjacent to an activating group) is 2. The molecule has 0 bridgehead atoms. The van der Waals surface area contributed by atoms with Crippen molar-refractivity contribution in [2.45, 2.75) is 107 Å². The molecule has 5 aromatic rings. The average Bonchev–Trinajstić information content (AvgIpc) is 3.61. The van der Waals surface area contributed by atoms with E-state index in [0.717, 1.165) is 26.2 Å². The molecule has 5 aliphatic heterocycles. The van der Waals surface area contributed by atoms with Crippen LogP contribution in [0.3, 0.4) is 0 Å². The lowest BCUT2D eigenvalue weighted by Gasteiger charge is -2.29. The smallest absolute Gasteiger partial charge is 0.0425 e. The van der Waals surface area contributed by atoms with Gasteiger partial charge in [-0.05, 0) is 173 Å². The zero-order chi connectivity index (χ0) is 42.1. The summed E-state index contributed by atoms with van der Waals surface area (Å²) >= 11 is 0. The number of anilines is 2. The summed E-state index contributed by atoms with van der Waals surface area (Å²) in [5.74, 6) is 0. The first kappa shape index (κ1) is 46.6. The van der Waals surface area contributed by atoms with Gasteiger partial charge in [-0.3, -0.25) is 4.90 Å². The third kappa shape index (κ3) is 11.9. The molecule has 0 unspecified atom stereocenters. The Morgan fingerprint density at radius 1 is 0.350 bits per heavy atom. The molecule has 322 valence electrons. The lowest BCUT2D eigenvalue weighted by Crippen LogP contribution is -2.27. The SMILES string of the molecule is C.Cc1cccc2c1CCCN2C.Cc1cccc2c1CCN(C)C2.Cc1cccc2c1CN(C)C2.Cc1cccc2c1CN(C)CC2.Cc1cccc2c1N(C)CCC2. The zero-order valence-corrected chi connectivity index (χ0v) is 38.3. The number of nitrogens with zero attached hydrogens (tertiary/aromatic N) is 5. The van der Waals surface area contributed by atoms with E-state index in [4.69, 9.17) is 0 Å². The molecule has 0 radical (unpaired) electrons. The van der Waals surface area contributed by atoms with E-state index >= 15 is 0 Å². The number of fused-ring (bicyclic) bond motifs is 5. The van der Waals surface area contributed by atoms with Crippen molar-refractivity contribution in [3.63, 3.8) is 0 Å². The van der Waals surface area contributed by atoms with Gasteiger partial charge in [0.1, 0.15) is 0 Å². The van der Waals surface area contributed by atoms with Crippen molar-refractivity contribution in [1.82, 2.24) is 14.7 Å². The molecule has 0 fully saturated rings. The first-order valence-electron chi connectivity index (χ1n) is 22.3. The molecule has 5 heteroatoms. The first-order chi connectivity index (χ1) is 28.4. The molecule has 0 amide bonds. The van der Waals surface area contributed by atoms with E-state index in [-0.39, 0.29) is 7.43 Å². The van der Waals surface area contributed by atoms with Gasteiger partial charge in [0.25, 0.3) is 0 Å². The molecule has 10 rings (SSSR count). The van der Waals surface area contributed by atoms with Crippen molar-refractivity contribution < 1.29 is 0 Å². The molecule has 0 aromatic heterocycles. The fraction of sp³-hybridized carbons (Fsp3) is 0.455. The Morgan fingerprint density at radius 3 is 1.43 bits per heavy atom. The van der Waals surface area contributed by atoms with Crippen LogP contribution in [0.1, 0.15) is 92.6 Å². The van der Waals surface area contributed by atoms with Crippen LogP contribution in [-0.4, -0.2) is 76.1 Å². The molecule has 0 saturated carbocycles. The minimum absolute atomic E-state index is 0. The third-order valence-corrected chi connectivity index (χ3v) is 13.1. The van der Waals surface area contributed by atoms with E-state index in [1.54, 1.807) is 22.3 Å². The van der Waals surface area contributed by atoms with Gasteiger partial charge in [-0.15, -0.1) is 0 Å². The normalized spacial score (nSPS) is 16.5. The highest BCUT2D eigenvalue weighted by molar-refractivity contribution is 5.60. The molecule has 0 spiro atoms. The predicted octanol–water partition coefficient (Wildman–Crippen LogP) is 11.3. The number of hydrogen-bond donors (Lipinski definition) is 0. The van der Waals surface area contributed by atoms with Crippen molar-refractivity contribution in [2.75, 3.05) is 71.2 Å². The maximum atomic E-state index is 2.38. The quantitative estimate of drug-likeness (QED) is 0.154. The Morgan fingerprint density at radius 2 is 0.800 bits per heavy atom. The molecule has 60 heavy (non-hydrogen) atoms. The van der Waals surface area contributed by atoms with E-state index in [1.807, 2.05) is 0 Å². The van der Waals surface area contributed by atoms with Crippen LogP contribution >= 0.6 is 0 Å². The maximum Gasteiger partial charge on any atom is 0.0425 e. The van der Waals surface area contributed by atoms with E-state index in [1.165, 1.54) is 126 Å². The second kappa shape index (κ2) is 21.9. The van der Waals surface area contributed by atoms with E-state index in [0.29, 0.717) is 0 Å². The molecule has 5 aliphatic rings. The Balaban J connectivity index is 0.000000142. The topological polar surface area (TPSA) is 16.2 Å². The van der Waals surface area contributed by atoms with E-state index in [9.17, 15) is 0 Å². The summed E-state index contributed by atoms with van der Waals surface area (Å²) < 4.78 is 0. The summed E-state index contributed by atoms with van der Waals surface area (Å²) in [5, 5.41) is 0. The maximum absolute atomic E-state index is 2.38. The van der Waals surface area contributed by atoms with Crippen LogP contribution in [0.5, 0.6) is 0 Å². The van der Waals surface area contributed by atoms with Gasteiger partial charge in [0, 0.05) is 77.8 Å². The molecule has 5 aromatic carbocycles. The monoisotopic (exact) mass is 808 g/mol. The van der Waals surface area contributed by atoms with Crippen LogP contribution in [0.4, 0.5) is 11.4 Å². The van der Waals surface area contributed by atoms with Gasteiger partial charge < -0.3 is 19.6 Å². The number of para-hydroxylation sites is 1. The fourth-order valence-electron chi connectivity index (χ4n) is 9.65. The molecule has 5 heterocycles. The third-order valence-electron chi connectivity index (χ3n) is 13.1. The Kier molecular flexibility index (Phi) is 17.0. The van der Waals surface area contributed by atoms with Crippen LogP contribution < -0.4 is 9.80 Å². The van der Waals surface area contributed by atoms with Gasteiger partial charge in [0.05, 0.1) is 0 Å². The van der Waals surface area contributed by atoms with Crippen molar-refractivity contribution in [3.05, 3.63) is 163 Å². The Hall–Kier alpha value is -4.42. The summed E-state index contributed by atoms with van der Waals surface area (Å²) in [6.45, 7) is 20.3. The summed E-state index contributed by atoms with van der Waals surface area (Å²) in [5.41, 5.74) is 22.4. The summed E-state index contributed by atoms with van der Waals surface area (Å²) in [7, 11) is 10.9. The summed E-state index contributed by atoms with van der Waals surface area (Å²) in [4.78, 5) is 11.8. The standard InChI is InChI=1S/4C11H15N.C10H13N.CH4/c1-9-5-3-7-11-10(9)6-4-8-12(11)2;1-9-5-3-6-10-7-4-8-12(2)11(9)10;1-9-4-3-5-10-8-12(2)7-6-11(9)10;1-9-4-3-5-10-6-7-12(2)8-11(9)10;1-8-4-3-5-9-6-11(2)7-10(8)9;/h3,5,7H,4,6,8H2,1-2H3;3,5-6H,4,7-8H2,1-2H3;2*3-5H,6-8H2,1-2H3;3-5H,6-7H2,1-2H3;1H4. The predicted molar refractivity (Wildman–Crippen MR) is 261 cm³/mol. The number of hydrogen-bond acceptors (Lipinski definition) is 5. The highest BCUT2D eigenvalue weighted by atomic mass is 15.1. The van der Waals surface area contributed by atoms with Crippen LogP contribution in [0.2, 0.25) is 0 Å². The van der Waals surface area contributed by atoms with Gasteiger partial charge in [-0.1, -0.05) is 92.4 Å². The van der Waals surface area contributed by atoms with Gasteiger partial charge in [0.15, 0.2) is 0 Å². The van der Waals surface area contributed by atoms with Gasteiger partial charge in [-0.2, -0.15) is 0 Å². The molecular formula is C55H77N5.